The monoisotopic (exact) mass is 342 g/mol. The molecule has 0 unspecified atom stereocenters. The van der Waals surface area contributed by atoms with Crippen molar-refractivity contribution in [2.24, 2.45) is 5.92 Å². The van der Waals surface area contributed by atoms with Crippen molar-refractivity contribution < 1.29 is 19.2 Å². The van der Waals surface area contributed by atoms with Crippen molar-refractivity contribution in [2.75, 3.05) is 61.4 Å². The number of rotatable bonds is 9. The molecule has 0 aliphatic heterocycles. The molecule has 0 atom stereocenters. The van der Waals surface area contributed by atoms with E-state index >= 15 is 0 Å². The SMILES string of the molecule is CC(C)C(=O)CN(C)C(=O)CN(C)C(=O)CN(C)C(=O)CN(C)C. The second-order valence-electron chi connectivity index (χ2n) is 6.61. The zero-order valence-corrected chi connectivity index (χ0v) is 15.8. The molecule has 0 bridgehead atoms. The van der Waals surface area contributed by atoms with Crippen molar-refractivity contribution in [1.82, 2.24) is 19.6 Å². The number of hydrogen-bond acceptors (Lipinski definition) is 5. The van der Waals surface area contributed by atoms with Gasteiger partial charge in [0.2, 0.25) is 17.7 Å². The zero-order chi connectivity index (χ0) is 19.0. The van der Waals surface area contributed by atoms with Crippen LogP contribution in [0.5, 0.6) is 0 Å². The first-order valence-corrected chi connectivity index (χ1v) is 7.85. The number of carbonyl (C=O) groups is 4. The molecule has 0 aromatic heterocycles. The second kappa shape index (κ2) is 10.0. The van der Waals surface area contributed by atoms with Gasteiger partial charge in [-0.05, 0) is 14.1 Å². The van der Waals surface area contributed by atoms with Crippen LogP contribution in [-0.2, 0) is 19.2 Å². The number of nitrogens with zero attached hydrogens (tertiary/aromatic N) is 4. The molecular formula is C16H30N4O4. The summed E-state index contributed by atoms with van der Waals surface area (Å²) < 4.78 is 0. The van der Waals surface area contributed by atoms with Gasteiger partial charge < -0.3 is 19.6 Å². The van der Waals surface area contributed by atoms with Gasteiger partial charge in [-0.2, -0.15) is 0 Å². The molecule has 0 heterocycles. The number of carbonyl (C=O) groups excluding carboxylic acids is 4. The van der Waals surface area contributed by atoms with Gasteiger partial charge in [0.15, 0.2) is 5.78 Å². The fourth-order valence-corrected chi connectivity index (χ4v) is 1.72. The van der Waals surface area contributed by atoms with E-state index in [9.17, 15) is 19.2 Å². The van der Waals surface area contributed by atoms with Crippen LogP contribution in [0.1, 0.15) is 13.8 Å². The average Bonchev–Trinajstić information content (AvgIpc) is 2.45. The summed E-state index contributed by atoms with van der Waals surface area (Å²) in [7, 11) is 8.13. The van der Waals surface area contributed by atoms with E-state index in [1.165, 1.54) is 28.8 Å². The Morgan fingerprint density at radius 1 is 0.625 bits per heavy atom. The first-order chi connectivity index (χ1) is 11.0. The highest BCUT2D eigenvalue weighted by atomic mass is 16.2. The van der Waals surface area contributed by atoms with Gasteiger partial charge in [0.1, 0.15) is 0 Å². The minimum absolute atomic E-state index is 0.0275. The molecule has 138 valence electrons. The van der Waals surface area contributed by atoms with Crippen LogP contribution in [0.3, 0.4) is 0 Å². The molecule has 0 aromatic rings. The molecule has 24 heavy (non-hydrogen) atoms. The van der Waals surface area contributed by atoms with Gasteiger partial charge in [0, 0.05) is 27.1 Å². The van der Waals surface area contributed by atoms with Gasteiger partial charge >= 0.3 is 0 Å². The number of likely N-dealkylation sites (N-methyl/N-ethyl adjacent to an activating group) is 4. The van der Waals surface area contributed by atoms with E-state index in [0.717, 1.165) is 0 Å². The molecule has 0 radical (unpaired) electrons. The Bertz CT molecular complexity index is 477. The molecule has 0 aliphatic rings. The van der Waals surface area contributed by atoms with Crippen LogP contribution in [0.4, 0.5) is 0 Å². The number of amides is 3. The van der Waals surface area contributed by atoms with E-state index in [1.54, 1.807) is 39.9 Å². The summed E-state index contributed by atoms with van der Waals surface area (Å²) in [5, 5.41) is 0. The highest BCUT2D eigenvalue weighted by molar-refractivity contribution is 5.90. The quantitative estimate of drug-likeness (QED) is 0.545. The van der Waals surface area contributed by atoms with E-state index in [1.807, 2.05) is 0 Å². The summed E-state index contributed by atoms with van der Waals surface area (Å²) in [5.74, 6) is -0.999. The van der Waals surface area contributed by atoms with Crippen molar-refractivity contribution in [1.29, 1.82) is 0 Å². The minimum atomic E-state index is -0.332. The normalized spacial score (nSPS) is 10.7. The van der Waals surface area contributed by atoms with Gasteiger partial charge in [0.05, 0.1) is 26.2 Å². The molecular weight excluding hydrogens is 312 g/mol. The summed E-state index contributed by atoms with van der Waals surface area (Å²) >= 11 is 0. The number of ketones is 1. The molecule has 0 aromatic carbocycles. The minimum Gasteiger partial charge on any atom is -0.337 e. The Balaban J connectivity index is 4.46. The molecule has 8 heteroatoms. The number of hydrogen-bond donors (Lipinski definition) is 0. The molecule has 3 amide bonds. The van der Waals surface area contributed by atoms with Crippen LogP contribution in [0.15, 0.2) is 0 Å². The van der Waals surface area contributed by atoms with Crippen LogP contribution in [0, 0.1) is 5.92 Å². The molecule has 0 spiro atoms. The number of Topliss-reactive ketones (excluding diaryl/α,β-unsaturated/α-hetero) is 1. The zero-order valence-electron chi connectivity index (χ0n) is 15.8. The third-order valence-corrected chi connectivity index (χ3v) is 3.51. The molecule has 0 saturated carbocycles. The molecule has 0 saturated heterocycles. The lowest BCUT2D eigenvalue weighted by molar-refractivity contribution is -0.143. The predicted molar refractivity (Wildman–Crippen MR) is 91.3 cm³/mol. The van der Waals surface area contributed by atoms with Crippen molar-refractivity contribution in [3.8, 4) is 0 Å². The average molecular weight is 342 g/mol. The lowest BCUT2D eigenvalue weighted by Crippen LogP contribution is -2.46. The van der Waals surface area contributed by atoms with Gasteiger partial charge in [-0.3, -0.25) is 19.2 Å². The van der Waals surface area contributed by atoms with Gasteiger partial charge in [-0.15, -0.1) is 0 Å². The Morgan fingerprint density at radius 2 is 0.958 bits per heavy atom. The van der Waals surface area contributed by atoms with Crippen molar-refractivity contribution in [3.63, 3.8) is 0 Å². The Kier molecular flexibility index (Phi) is 9.20. The van der Waals surface area contributed by atoms with E-state index in [-0.39, 0.29) is 55.6 Å². The van der Waals surface area contributed by atoms with Gasteiger partial charge in [-0.25, -0.2) is 0 Å². The lowest BCUT2D eigenvalue weighted by atomic mass is 10.1. The van der Waals surface area contributed by atoms with Crippen LogP contribution >= 0.6 is 0 Å². The van der Waals surface area contributed by atoms with Gasteiger partial charge in [0.25, 0.3) is 0 Å². The molecule has 0 N–H and O–H groups in total. The maximum Gasteiger partial charge on any atom is 0.242 e. The van der Waals surface area contributed by atoms with Crippen LogP contribution in [0.25, 0.3) is 0 Å². The summed E-state index contributed by atoms with van der Waals surface area (Å²) in [6.45, 7) is 3.57. The predicted octanol–water partition coefficient (Wildman–Crippen LogP) is -0.852. The molecule has 0 fully saturated rings. The molecule has 0 aliphatic carbocycles. The Morgan fingerprint density at radius 3 is 1.29 bits per heavy atom. The first kappa shape index (κ1) is 22.0. The van der Waals surface area contributed by atoms with Crippen molar-refractivity contribution in [3.05, 3.63) is 0 Å². The third-order valence-electron chi connectivity index (χ3n) is 3.51. The summed E-state index contributed by atoms with van der Waals surface area (Å²) in [5.41, 5.74) is 0. The van der Waals surface area contributed by atoms with E-state index in [4.69, 9.17) is 0 Å². The smallest absolute Gasteiger partial charge is 0.242 e. The largest absolute Gasteiger partial charge is 0.337 e. The lowest BCUT2D eigenvalue weighted by Gasteiger charge is -2.25. The summed E-state index contributed by atoms with van der Waals surface area (Å²) in [6.07, 6.45) is 0. The van der Waals surface area contributed by atoms with Gasteiger partial charge in [-0.1, -0.05) is 13.8 Å². The summed E-state index contributed by atoms with van der Waals surface area (Å²) in [6, 6.07) is 0. The summed E-state index contributed by atoms with van der Waals surface area (Å²) in [4.78, 5) is 53.3. The maximum absolute atomic E-state index is 12.1. The van der Waals surface area contributed by atoms with E-state index < -0.39 is 0 Å². The maximum atomic E-state index is 12.1. The third kappa shape index (κ3) is 8.05. The molecule has 8 nitrogen and oxygen atoms in total. The van der Waals surface area contributed by atoms with Crippen molar-refractivity contribution in [2.45, 2.75) is 13.8 Å². The second-order valence-corrected chi connectivity index (χ2v) is 6.61. The standard InChI is InChI=1S/C16H30N4O4/c1-12(2)13(21)8-18(5)15(23)10-20(7)16(24)11-19(6)14(22)9-17(3)4/h12H,8-11H2,1-7H3. The van der Waals surface area contributed by atoms with E-state index in [0.29, 0.717) is 0 Å². The highest BCUT2D eigenvalue weighted by Crippen LogP contribution is 1.99. The fraction of sp³-hybridized carbons (Fsp3) is 0.750. The fourth-order valence-electron chi connectivity index (χ4n) is 1.72. The Labute approximate surface area is 144 Å². The topological polar surface area (TPSA) is 81.2 Å². The van der Waals surface area contributed by atoms with Crippen LogP contribution in [-0.4, -0.2) is 105 Å². The highest BCUT2D eigenvalue weighted by Gasteiger charge is 2.21. The van der Waals surface area contributed by atoms with Crippen molar-refractivity contribution >= 4 is 23.5 Å². The van der Waals surface area contributed by atoms with Crippen LogP contribution < -0.4 is 0 Å². The first-order valence-electron chi connectivity index (χ1n) is 7.85. The molecule has 0 rings (SSSR count). The van der Waals surface area contributed by atoms with E-state index in [2.05, 4.69) is 0 Å². The van der Waals surface area contributed by atoms with Crippen LogP contribution in [0.2, 0.25) is 0 Å². The Hall–Kier alpha value is -1.96.